The lowest BCUT2D eigenvalue weighted by Crippen LogP contribution is -2.09. The van der Waals surface area contributed by atoms with Gasteiger partial charge in [0.05, 0.1) is 28.4 Å². The van der Waals surface area contributed by atoms with Gasteiger partial charge in [-0.3, -0.25) is 0 Å². The van der Waals surface area contributed by atoms with Crippen molar-refractivity contribution in [2.24, 2.45) is 0 Å². The van der Waals surface area contributed by atoms with Gasteiger partial charge in [-0.1, -0.05) is 0 Å². The fraction of sp³-hybridized carbons (Fsp3) is 0.235. The van der Waals surface area contributed by atoms with E-state index in [0.29, 0.717) is 39.8 Å². The molecule has 0 saturated heterocycles. The van der Waals surface area contributed by atoms with Crippen molar-refractivity contribution in [2.75, 3.05) is 28.4 Å². The van der Waals surface area contributed by atoms with Crippen LogP contribution in [0.5, 0.6) is 23.0 Å². The molecule has 0 amide bonds. The molecule has 0 aromatic heterocycles. The van der Waals surface area contributed by atoms with Gasteiger partial charge < -0.3 is 24.5 Å². The van der Waals surface area contributed by atoms with Gasteiger partial charge in [-0.25, -0.2) is 0 Å². The van der Waals surface area contributed by atoms with E-state index in [4.69, 9.17) is 18.9 Å². The number of nitrogens with zero attached hydrogens (tertiary/aromatic N) is 2. The van der Waals surface area contributed by atoms with Gasteiger partial charge in [0, 0.05) is 12.1 Å². The molecule has 0 saturated carbocycles. The van der Waals surface area contributed by atoms with E-state index in [-0.39, 0.29) is 0 Å². The highest BCUT2D eigenvalue weighted by Gasteiger charge is 2.24. The van der Waals surface area contributed by atoms with Gasteiger partial charge in [-0.05, 0) is 24.3 Å². The van der Waals surface area contributed by atoms with Crippen molar-refractivity contribution in [3.8, 4) is 23.0 Å². The molecule has 6 nitrogen and oxygen atoms in total. The summed E-state index contributed by atoms with van der Waals surface area (Å²) in [6.45, 7) is 0. The Hall–Kier alpha value is -2.98. The third-order valence-electron chi connectivity index (χ3n) is 3.43. The summed E-state index contributed by atoms with van der Waals surface area (Å²) in [6.07, 6.45) is 0. The van der Waals surface area contributed by atoms with Crippen molar-refractivity contribution in [1.29, 1.82) is 0 Å². The molecular weight excluding hydrogens is 296 g/mol. The fourth-order valence-electron chi connectivity index (χ4n) is 2.24. The molecule has 2 rings (SSSR count). The third-order valence-corrected chi connectivity index (χ3v) is 3.43. The maximum absolute atomic E-state index is 9.54. The molecule has 6 heteroatoms. The first-order chi connectivity index (χ1) is 11.2. The monoisotopic (exact) mass is 314 g/mol. The number of rotatable bonds is 6. The van der Waals surface area contributed by atoms with Gasteiger partial charge in [0.25, 0.3) is 0 Å². The molecule has 0 bridgehead atoms. The van der Waals surface area contributed by atoms with Crippen LogP contribution in [0, 0.1) is 0 Å². The van der Waals surface area contributed by atoms with Crippen molar-refractivity contribution in [3.05, 3.63) is 53.1 Å². The minimum Gasteiger partial charge on any atom is -0.497 e. The molecule has 0 radical (unpaired) electrons. The van der Waals surface area contributed by atoms with Gasteiger partial charge >= 0.3 is 5.71 Å². The zero-order chi connectivity index (χ0) is 16.8. The zero-order valence-electron chi connectivity index (χ0n) is 13.5. The summed E-state index contributed by atoms with van der Waals surface area (Å²) in [7, 11) is 6.22. The summed E-state index contributed by atoms with van der Waals surface area (Å²) in [5.74, 6) is 2.33. The zero-order valence-corrected chi connectivity index (χ0v) is 13.5. The van der Waals surface area contributed by atoms with Crippen LogP contribution in [-0.2, 0) is 0 Å². The standard InChI is InChI=1S/C17H18N2O4/c1-20-11-5-7-13(15(9-11)22-3)17(19-18)14-8-6-12(21-2)10-16(14)23-4/h5-10H,1-4H3. The largest absolute Gasteiger partial charge is 0.497 e. The Kier molecular flexibility index (Phi) is 5.23. The summed E-state index contributed by atoms with van der Waals surface area (Å²) in [5, 5.41) is 0. The van der Waals surface area contributed by atoms with E-state index in [9.17, 15) is 5.53 Å². The molecule has 0 atom stereocenters. The molecule has 0 heterocycles. The Balaban J connectivity index is 2.60. The Morgan fingerprint density at radius 1 is 0.739 bits per heavy atom. The summed E-state index contributed by atoms with van der Waals surface area (Å²) in [4.78, 5) is 3.43. The molecule has 0 N–H and O–H groups in total. The molecule has 0 aliphatic heterocycles. The number of ether oxygens (including phenoxy) is 4. The summed E-state index contributed by atoms with van der Waals surface area (Å²) >= 11 is 0. The van der Waals surface area contributed by atoms with Crippen LogP contribution in [0.15, 0.2) is 36.4 Å². The van der Waals surface area contributed by atoms with Crippen LogP contribution in [0.1, 0.15) is 11.1 Å². The number of benzene rings is 2. The van der Waals surface area contributed by atoms with Gasteiger partial charge in [0.15, 0.2) is 0 Å². The molecule has 0 unspecified atom stereocenters. The molecule has 23 heavy (non-hydrogen) atoms. The minimum absolute atomic E-state index is 0.323. The topological polar surface area (TPSA) is 73.3 Å². The molecule has 0 aliphatic rings. The van der Waals surface area contributed by atoms with Crippen LogP contribution < -0.4 is 18.9 Å². The third kappa shape index (κ3) is 3.27. The lowest BCUT2D eigenvalue weighted by Gasteiger charge is -2.10. The second kappa shape index (κ2) is 7.33. The molecule has 2 aromatic carbocycles. The van der Waals surface area contributed by atoms with Crippen LogP contribution in [-0.4, -0.2) is 38.9 Å². The SMILES string of the molecule is COc1ccc(C(=[N+]=[N-])c2ccc(OC)cc2OC)c(OC)c1. The summed E-state index contributed by atoms with van der Waals surface area (Å²) < 4.78 is 21.1. The average molecular weight is 314 g/mol. The van der Waals surface area contributed by atoms with E-state index in [2.05, 4.69) is 4.79 Å². The lowest BCUT2D eigenvalue weighted by molar-refractivity contribution is -0.00309. The van der Waals surface area contributed by atoms with Crippen molar-refractivity contribution in [2.45, 2.75) is 0 Å². The highest BCUT2D eigenvalue weighted by Crippen LogP contribution is 2.31. The number of hydrogen-bond acceptors (Lipinski definition) is 4. The lowest BCUT2D eigenvalue weighted by atomic mass is 10.00. The first-order valence-corrected chi connectivity index (χ1v) is 6.85. The molecule has 2 aromatic rings. The van der Waals surface area contributed by atoms with Crippen LogP contribution in [0.2, 0.25) is 0 Å². The second-order valence-electron chi connectivity index (χ2n) is 4.58. The van der Waals surface area contributed by atoms with Gasteiger partial charge in [0.1, 0.15) is 34.1 Å². The molecule has 120 valence electrons. The van der Waals surface area contributed by atoms with E-state index < -0.39 is 0 Å². The number of hydrogen-bond donors (Lipinski definition) is 0. The highest BCUT2D eigenvalue weighted by molar-refractivity contribution is 6.12. The van der Waals surface area contributed by atoms with E-state index in [0.717, 1.165) is 0 Å². The maximum atomic E-state index is 9.54. The summed E-state index contributed by atoms with van der Waals surface area (Å²) in [6, 6.07) is 10.5. The molecule has 0 aliphatic carbocycles. The predicted octanol–water partition coefficient (Wildman–Crippen LogP) is 2.79. The predicted molar refractivity (Wildman–Crippen MR) is 85.9 cm³/mol. The first-order valence-electron chi connectivity index (χ1n) is 6.85. The maximum Gasteiger partial charge on any atom is 0.337 e. The van der Waals surface area contributed by atoms with Gasteiger partial charge in [0.2, 0.25) is 0 Å². The Morgan fingerprint density at radius 3 is 1.48 bits per heavy atom. The molecular formula is C17H18N2O4. The molecule has 0 fully saturated rings. The fourth-order valence-corrected chi connectivity index (χ4v) is 2.24. The van der Waals surface area contributed by atoms with Crippen molar-refractivity contribution < 1.29 is 23.7 Å². The minimum atomic E-state index is 0.323. The van der Waals surface area contributed by atoms with Gasteiger partial charge in [-0.15, -0.1) is 0 Å². The van der Waals surface area contributed by atoms with E-state index in [1.807, 2.05) is 0 Å². The molecule has 0 spiro atoms. The van der Waals surface area contributed by atoms with Crippen LogP contribution in [0.4, 0.5) is 0 Å². The Bertz CT molecular complexity index is 695. The van der Waals surface area contributed by atoms with Crippen LogP contribution in [0.3, 0.4) is 0 Å². The van der Waals surface area contributed by atoms with Crippen molar-refractivity contribution in [1.82, 2.24) is 0 Å². The Labute approximate surface area is 134 Å². The summed E-state index contributed by atoms with van der Waals surface area (Å²) in [5.41, 5.74) is 11.1. The van der Waals surface area contributed by atoms with E-state index in [1.165, 1.54) is 0 Å². The first kappa shape index (κ1) is 16.4. The smallest absolute Gasteiger partial charge is 0.337 e. The van der Waals surface area contributed by atoms with Crippen molar-refractivity contribution >= 4 is 5.71 Å². The van der Waals surface area contributed by atoms with Crippen molar-refractivity contribution in [3.63, 3.8) is 0 Å². The second-order valence-corrected chi connectivity index (χ2v) is 4.58. The normalized spacial score (nSPS) is 9.74. The van der Waals surface area contributed by atoms with Crippen LogP contribution in [0.25, 0.3) is 5.53 Å². The van der Waals surface area contributed by atoms with E-state index >= 15 is 0 Å². The van der Waals surface area contributed by atoms with Crippen LogP contribution >= 0.6 is 0 Å². The number of methoxy groups -OCH3 is 4. The Morgan fingerprint density at radius 2 is 1.17 bits per heavy atom. The highest BCUT2D eigenvalue weighted by atomic mass is 16.5. The van der Waals surface area contributed by atoms with Gasteiger partial charge in [-0.2, -0.15) is 4.79 Å². The van der Waals surface area contributed by atoms with E-state index in [1.54, 1.807) is 64.8 Å². The average Bonchev–Trinajstić information content (AvgIpc) is 2.62. The quantitative estimate of drug-likeness (QED) is 0.467.